The summed E-state index contributed by atoms with van der Waals surface area (Å²) in [5.74, 6) is 0. The lowest BCUT2D eigenvalue weighted by molar-refractivity contribution is 0.669. The molecule has 0 bridgehead atoms. The van der Waals surface area contributed by atoms with Crippen LogP contribution in [-0.2, 0) is 0 Å². The molecule has 218 valence electrons. The van der Waals surface area contributed by atoms with Crippen LogP contribution in [0, 0.1) is 6.57 Å². The van der Waals surface area contributed by atoms with Gasteiger partial charge in [-0.25, -0.2) is 4.85 Å². The van der Waals surface area contributed by atoms with Crippen molar-refractivity contribution in [2.24, 2.45) is 0 Å². The van der Waals surface area contributed by atoms with Gasteiger partial charge in [0.1, 0.15) is 11.2 Å². The average molecular weight is 600 g/mol. The third-order valence-electron chi connectivity index (χ3n) is 9.54. The van der Waals surface area contributed by atoms with E-state index >= 15 is 0 Å². The zero-order valence-electron chi connectivity index (χ0n) is 25.2. The highest BCUT2D eigenvalue weighted by Gasteiger charge is 2.22. The van der Waals surface area contributed by atoms with Crippen molar-refractivity contribution in [3.05, 3.63) is 163 Å². The number of para-hydroxylation sites is 5. The van der Waals surface area contributed by atoms with Crippen LogP contribution in [0.1, 0.15) is 0 Å². The van der Waals surface area contributed by atoms with E-state index in [1.807, 2.05) is 24.3 Å². The Bertz CT molecular complexity index is 2880. The zero-order chi connectivity index (χ0) is 31.1. The van der Waals surface area contributed by atoms with E-state index in [0.717, 1.165) is 66.5 Å². The fourth-order valence-corrected chi connectivity index (χ4v) is 7.60. The van der Waals surface area contributed by atoms with Crippen molar-refractivity contribution in [1.29, 1.82) is 0 Å². The lowest BCUT2D eigenvalue weighted by atomic mass is 10.00. The van der Waals surface area contributed by atoms with E-state index in [9.17, 15) is 0 Å². The molecule has 0 N–H and O–H groups in total. The Balaban J connectivity index is 1.35. The Kier molecular flexibility index (Phi) is 5.32. The van der Waals surface area contributed by atoms with Gasteiger partial charge >= 0.3 is 0 Å². The standard InChI is InChI=1S/C43H25N3O/c1-44-27-22-23-32(39(26-27)45-35-17-7-2-12-28(35)29-13-3-8-18-36(29)45)30-14-4-9-19-37(30)46-38-20-10-5-15-31(38)33-24-25-41-42(43(33)46)34-16-6-11-21-40(34)47-41/h2-26H. The third kappa shape index (κ3) is 3.57. The van der Waals surface area contributed by atoms with E-state index in [-0.39, 0.29) is 0 Å². The minimum atomic E-state index is 0.603. The van der Waals surface area contributed by atoms with Crippen molar-refractivity contribution in [3.8, 4) is 22.5 Å². The van der Waals surface area contributed by atoms with Gasteiger partial charge in [-0.3, -0.25) is 0 Å². The number of hydrogen-bond acceptors (Lipinski definition) is 1. The second-order valence-electron chi connectivity index (χ2n) is 12.0. The van der Waals surface area contributed by atoms with Crippen molar-refractivity contribution in [2.45, 2.75) is 0 Å². The SMILES string of the molecule is [C-]#[N+]c1ccc(-c2ccccc2-n2c3ccccc3c3ccc4oc5ccccc5c4c32)c(-n2c3ccccc3c3ccccc32)c1. The minimum Gasteiger partial charge on any atom is -0.456 e. The van der Waals surface area contributed by atoms with Gasteiger partial charge in [-0.15, -0.1) is 0 Å². The summed E-state index contributed by atoms with van der Waals surface area (Å²) in [6.07, 6.45) is 0. The Morgan fingerprint density at radius 1 is 0.447 bits per heavy atom. The molecule has 0 aliphatic heterocycles. The molecule has 0 amide bonds. The van der Waals surface area contributed by atoms with Crippen molar-refractivity contribution in [3.63, 3.8) is 0 Å². The van der Waals surface area contributed by atoms with Crippen LogP contribution in [0.4, 0.5) is 5.69 Å². The number of hydrogen-bond donors (Lipinski definition) is 0. The van der Waals surface area contributed by atoms with E-state index in [4.69, 9.17) is 11.0 Å². The van der Waals surface area contributed by atoms with Crippen LogP contribution < -0.4 is 0 Å². The van der Waals surface area contributed by atoms with Gasteiger partial charge in [0, 0.05) is 43.7 Å². The Morgan fingerprint density at radius 2 is 1.02 bits per heavy atom. The van der Waals surface area contributed by atoms with Gasteiger partial charge < -0.3 is 13.6 Å². The van der Waals surface area contributed by atoms with Crippen LogP contribution in [-0.4, -0.2) is 9.13 Å². The van der Waals surface area contributed by atoms with Gasteiger partial charge in [-0.1, -0.05) is 103 Å². The number of furan rings is 1. The molecule has 7 aromatic carbocycles. The van der Waals surface area contributed by atoms with Crippen molar-refractivity contribution < 1.29 is 4.42 Å². The highest BCUT2D eigenvalue weighted by Crippen LogP contribution is 2.44. The number of fused-ring (bicyclic) bond motifs is 10. The van der Waals surface area contributed by atoms with Crippen LogP contribution in [0.3, 0.4) is 0 Å². The molecule has 4 heteroatoms. The van der Waals surface area contributed by atoms with Crippen molar-refractivity contribution in [1.82, 2.24) is 9.13 Å². The lowest BCUT2D eigenvalue weighted by Gasteiger charge is -2.19. The largest absolute Gasteiger partial charge is 0.456 e. The van der Waals surface area contributed by atoms with E-state index in [1.165, 1.54) is 21.5 Å². The van der Waals surface area contributed by atoms with Gasteiger partial charge in [0.15, 0.2) is 5.69 Å². The molecule has 0 radical (unpaired) electrons. The van der Waals surface area contributed by atoms with Crippen LogP contribution in [0.5, 0.6) is 0 Å². The van der Waals surface area contributed by atoms with Crippen LogP contribution >= 0.6 is 0 Å². The second-order valence-corrected chi connectivity index (χ2v) is 12.0. The first-order valence-corrected chi connectivity index (χ1v) is 15.7. The number of aromatic nitrogens is 2. The molecule has 0 saturated heterocycles. The maximum Gasteiger partial charge on any atom is 0.189 e. The highest BCUT2D eigenvalue weighted by molar-refractivity contribution is 6.24. The summed E-state index contributed by atoms with van der Waals surface area (Å²) in [5, 5.41) is 6.95. The Labute approximate surface area is 269 Å². The topological polar surface area (TPSA) is 27.4 Å². The van der Waals surface area contributed by atoms with Crippen molar-refractivity contribution in [2.75, 3.05) is 0 Å². The average Bonchev–Trinajstić information content (AvgIpc) is 3.79. The molecule has 0 aliphatic rings. The summed E-state index contributed by atoms with van der Waals surface area (Å²) in [4.78, 5) is 3.87. The molecule has 0 spiro atoms. The first kappa shape index (κ1) is 25.7. The minimum absolute atomic E-state index is 0.603. The molecule has 47 heavy (non-hydrogen) atoms. The Hall–Kier alpha value is -6.57. The zero-order valence-corrected chi connectivity index (χ0v) is 25.2. The molecule has 3 aromatic heterocycles. The molecular formula is C43H25N3O. The molecule has 0 aliphatic carbocycles. The summed E-state index contributed by atoms with van der Waals surface area (Å²) in [7, 11) is 0. The van der Waals surface area contributed by atoms with E-state index < -0.39 is 0 Å². The number of nitrogens with zero attached hydrogens (tertiary/aromatic N) is 3. The fraction of sp³-hybridized carbons (Fsp3) is 0. The van der Waals surface area contributed by atoms with Crippen LogP contribution in [0.15, 0.2) is 156 Å². The normalized spacial score (nSPS) is 11.8. The van der Waals surface area contributed by atoms with E-state index in [1.54, 1.807) is 0 Å². The molecule has 0 unspecified atom stereocenters. The van der Waals surface area contributed by atoms with Gasteiger partial charge in [0.25, 0.3) is 0 Å². The predicted molar refractivity (Wildman–Crippen MR) is 194 cm³/mol. The first-order valence-electron chi connectivity index (χ1n) is 15.7. The van der Waals surface area contributed by atoms with E-state index in [0.29, 0.717) is 5.69 Å². The lowest BCUT2D eigenvalue weighted by Crippen LogP contribution is -2.01. The smallest absolute Gasteiger partial charge is 0.189 e. The molecule has 10 rings (SSSR count). The maximum atomic E-state index is 7.93. The molecule has 0 saturated carbocycles. The van der Waals surface area contributed by atoms with Gasteiger partial charge in [0.05, 0.1) is 39.7 Å². The summed E-state index contributed by atoms with van der Waals surface area (Å²) in [5.41, 5.74) is 11.0. The summed E-state index contributed by atoms with van der Waals surface area (Å²) in [6, 6.07) is 53.0. The van der Waals surface area contributed by atoms with E-state index in [2.05, 4.69) is 141 Å². The predicted octanol–water partition coefficient (Wildman–Crippen LogP) is 12.0. The van der Waals surface area contributed by atoms with Crippen LogP contribution in [0.2, 0.25) is 0 Å². The molecule has 4 nitrogen and oxygen atoms in total. The monoisotopic (exact) mass is 599 g/mol. The fourth-order valence-electron chi connectivity index (χ4n) is 7.60. The van der Waals surface area contributed by atoms with Crippen molar-refractivity contribution >= 4 is 71.2 Å². The molecular weight excluding hydrogens is 574 g/mol. The quantitative estimate of drug-likeness (QED) is 0.186. The maximum absolute atomic E-state index is 7.93. The summed E-state index contributed by atoms with van der Waals surface area (Å²) >= 11 is 0. The molecule has 0 atom stereocenters. The first-order chi connectivity index (χ1) is 23.3. The van der Waals surface area contributed by atoms with Gasteiger partial charge in [-0.2, -0.15) is 0 Å². The molecule has 0 fully saturated rings. The molecule has 3 heterocycles. The van der Waals surface area contributed by atoms with Gasteiger partial charge in [-0.05, 0) is 48.5 Å². The number of benzene rings is 7. The third-order valence-corrected chi connectivity index (χ3v) is 9.54. The van der Waals surface area contributed by atoms with Crippen LogP contribution in [0.25, 0.3) is 92.9 Å². The Morgan fingerprint density at radius 3 is 1.74 bits per heavy atom. The number of rotatable bonds is 3. The molecule has 10 aromatic rings. The van der Waals surface area contributed by atoms with Gasteiger partial charge in [0.2, 0.25) is 0 Å². The second kappa shape index (κ2) is 9.71. The summed E-state index contributed by atoms with van der Waals surface area (Å²) < 4.78 is 11.1. The highest BCUT2D eigenvalue weighted by atomic mass is 16.3. The summed E-state index contributed by atoms with van der Waals surface area (Å²) in [6.45, 7) is 7.93.